The third-order valence-electron chi connectivity index (χ3n) is 3.52. The fourth-order valence-corrected chi connectivity index (χ4v) is 2.51. The van der Waals surface area contributed by atoms with E-state index < -0.39 is 5.91 Å². The van der Waals surface area contributed by atoms with Crippen LogP contribution in [0.1, 0.15) is 12.5 Å². The van der Waals surface area contributed by atoms with Gasteiger partial charge in [-0.05, 0) is 29.8 Å². The lowest BCUT2D eigenvalue weighted by molar-refractivity contribution is -0.122. The average Bonchev–Trinajstić information content (AvgIpc) is 3.15. The SMILES string of the molecule is CCOc1cc(/C=N/NC(=O)Cn2nnc(-c3ccccc3)n2)cc(Cl)c1O. The monoisotopic (exact) mass is 400 g/mol. The minimum absolute atomic E-state index is 0.124. The van der Waals surface area contributed by atoms with Gasteiger partial charge in [0.15, 0.2) is 11.5 Å². The molecule has 1 aromatic heterocycles. The van der Waals surface area contributed by atoms with Gasteiger partial charge in [0.05, 0.1) is 17.8 Å². The minimum atomic E-state index is -0.428. The molecule has 0 bridgehead atoms. The van der Waals surface area contributed by atoms with Gasteiger partial charge in [0, 0.05) is 5.56 Å². The normalized spacial score (nSPS) is 10.9. The van der Waals surface area contributed by atoms with Gasteiger partial charge in [-0.2, -0.15) is 9.90 Å². The second-order valence-electron chi connectivity index (χ2n) is 5.59. The molecule has 0 unspecified atom stereocenters. The van der Waals surface area contributed by atoms with Crippen molar-refractivity contribution in [1.29, 1.82) is 0 Å². The highest BCUT2D eigenvalue weighted by Crippen LogP contribution is 2.34. The summed E-state index contributed by atoms with van der Waals surface area (Å²) in [6.07, 6.45) is 1.38. The summed E-state index contributed by atoms with van der Waals surface area (Å²) in [5.74, 6) is 0.0986. The Bertz CT molecular complexity index is 990. The van der Waals surface area contributed by atoms with E-state index in [2.05, 4.69) is 25.9 Å². The van der Waals surface area contributed by atoms with E-state index in [1.54, 1.807) is 13.0 Å². The number of carbonyl (C=O) groups is 1. The fourth-order valence-electron chi connectivity index (χ4n) is 2.29. The molecular formula is C18H17ClN6O3. The zero-order valence-corrected chi connectivity index (χ0v) is 15.7. The minimum Gasteiger partial charge on any atom is -0.503 e. The summed E-state index contributed by atoms with van der Waals surface area (Å²) in [4.78, 5) is 13.2. The zero-order valence-electron chi connectivity index (χ0n) is 14.9. The van der Waals surface area contributed by atoms with Gasteiger partial charge in [0.25, 0.3) is 5.91 Å². The third kappa shape index (κ3) is 4.83. The van der Waals surface area contributed by atoms with Crippen molar-refractivity contribution in [3.05, 3.63) is 53.1 Å². The van der Waals surface area contributed by atoms with Gasteiger partial charge in [0.2, 0.25) is 5.82 Å². The van der Waals surface area contributed by atoms with Crippen LogP contribution in [0.25, 0.3) is 11.4 Å². The molecule has 144 valence electrons. The molecule has 0 radical (unpaired) electrons. The van der Waals surface area contributed by atoms with Gasteiger partial charge in [-0.3, -0.25) is 4.79 Å². The number of rotatable bonds is 7. The smallest absolute Gasteiger partial charge is 0.263 e. The molecular weight excluding hydrogens is 384 g/mol. The van der Waals surface area contributed by atoms with Crippen molar-refractivity contribution in [2.45, 2.75) is 13.5 Å². The topological polar surface area (TPSA) is 115 Å². The molecule has 1 amide bonds. The summed E-state index contributed by atoms with van der Waals surface area (Å²) in [6.45, 7) is 2.02. The van der Waals surface area contributed by atoms with Crippen LogP contribution in [-0.2, 0) is 11.3 Å². The Kier molecular flexibility index (Phi) is 6.18. The second-order valence-corrected chi connectivity index (χ2v) is 5.99. The number of phenols is 1. The van der Waals surface area contributed by atoms with Crippen molar-refractivity contribution in [3.8, 4) is 22.9 Å². The molecule has 9 nitrogen and oxygen atoms in total. The molecule has 2 aromatic carbocycles. The quantitative estimate of drug-likeness (QED) is 0.464. The van der Waals surface area contributed by atoms with Crippen molar-refractivity contribution >= 4 is 23.7 Å². The first-order valence-electron chi connectivity index (χ1n) is 8.37. The number of benzene rings is 2. The summed E-state index contributed by atoms with van der Waals surface area (Å²) in [7, 11) is 0. The summed E-state index contributed by atoms with van der Waals surface area (Å²) < 4.78 is 5.29. The van der Waals surface area contributed by atoms with Crippen LogP contribution in [0.3, 0.4) is 0 Å². The molecule has 0 aliphatic carbocycles. The van der Waals surface area contributed by atoms with Gasteiger partial charge in [-0.25, -0.2) is 5.43 Å². The highest BCUT2D eigenvalue weighted by atomic mass is 35.5. The number of amides is 1. The van der Waals surface area contributed by atoms with E-state index in [1.807, 2.05) is 30.3 Å². The van der Waals surface area contributed by atoms with Crippen LogP contribution in [0.15, 0.2) is 47.6 Å². The first-order chi connectivity index (χ1) is 13.6. The van der Waals surface area contributed by atoms with Crippen LogP contribution < -0.4 is 10.2 Å². The number of ether oxygens (including phenoxy) is 1. The van der Waals surface area contributed by atoms with Crippen molar-refractivity contribution in [3.63, 3.8) is 0 Å². The van der Waals surface area contributed by atoms with Gasteiger partial charge in [0.1, 0.15) is 6.54 Å². The van der Waals surface area contributed by atoms with Gasteiger partial charge in [-0.15, -0.1) is 10.2 Å². The molecule has 0 saturated carbocycles. The molecule has 0 aliphatic rings. The number of halogens is 1. The summed E-state index contributed by atoms with van der Waals surface area (Å²) >= 11 is 5.95. The van der Waals surface area contributed by atoms with E-state index in [4.69, 9.17) is 16.3 Å². The molecule has 3 aromatic rings. The first-order valence-corrected chi connectivity index (χ1v) is 8.75. The number of tetrazole rings is 1. The first kappa shape index (κ1) is 19.3. The van der Waals surface area contributed by atoms with Gasteiger partial charge < -0.3 is 9.84 Å². The number of aromatic hydroxyl groups is 1. The summed E-state index contributed by atoms with van der Waals surface area (Å²) in [5.41, 5.74) is 3.73. The number of phenolic OH excluding ortho intramolecular Hbond substituents is 1. The number of hydrogen-bond acceptors (Lipinski definition) is 7. The van der Waals surface area contributed by atoms with Crippen LogP contribution in [0.5, 0.6) is 11.5 Å². The number of nitrogens with zero attached hydrogens (tertiary/aromatic N) is 5. The largest absolute Gasteiger partial charge is 0.503 e. The molecule has 0 fully saturated rings. The molecule has 28 heavy (non-hydrogen) atoms. The predicted octanol–water partition coefficient (Wildman–Crippen LogP) is 2.25. The Morgan fingerprint density at radius 1 is 1.36 bits per heavy atom. The zero-order chi connectivity index (χ0) is 19.9. The van der Waals surface area contributed by atoms with Gasteiger partial charge >= 0.3 is 0 Å². The Morgan fingerprint density at radius 3 is 2.89 bits per heavy atom. The van der Waals surface area contributed by atoms with Crippen LogP contribution in [0.2, 0.25) is 5.02 Å². The molecule has 0 atom stereocenters. The van der Waals surface area contributed by atoms with E-state index in [0.29, 0.717) is 18.0 Å². The van der Waals surface area contributed by atoms with E-state index >= 15 is 0 Å². The maximum atomic E-state index is 12.0. The van der Waals surface area contributed by atoms with E-state index in [1.165, 1.54) is 17.1 Å². The van der Waals surface area contributed by atoms with Gasteiger partial charge in [-0.1, -0.05) is 41.9 Å². The lowest BCUT2D eigenvalue weighted by Crippen LogP contribution is -2.24. The van der Waals surface area contributed by atoms with E-state index in [9.17, 15) is 9.90 Å². The lowest BCUT2D eigenvalue weighted by atomic mass is 10.2. The number of hydrogen-bond donors (Lipinski definition) is 2. The summed E-state index contributed by atoms with van der Waals surface area (Å²) in [6, 6.07) is 12.4. The van der Waals surface area contributed by atoms with Crippen LogP contribution in [-0.4, -0.2) is 44.0 Å². The van der Waals surface area contributed by atoms with E-state index in [-0.39, 0.29) is 23.1 Å². The lowest BCUT2D eigenvalue weighted by Gasteiger charge is -2.08. The van der Waals surface area contributed by atoms with Crippen molar-refractivity contribution in [1.82, 2.24) is 25.6 Å². The molecule has 2 N–H and O–H groups in total. The average molecular weight is 401 g/mol. The van der Waals surface area contributed by atoms with Crippen LogP contribution >= 0.6 is 11.6 Å². The molecule has 1 heterocycles. The standard InChI is InChI=1S/C18H17ClN6O3/c1-2-28-15-9-12(8-14(19)17(15)27)10-20-21-16(26)11-25-23-18(22-24-25)13-6-4-3-5-7-13/h3-10,27H,2,11H2,1H3,(H,21,26)/b20-10+. The Labute approximate surface area is 165 Å². The Morgan fingerprint density at radius 2 is 2.14 bits per heavy atom. The highest BCUT2D eigenvalue weighted by molar-refractivity contribution is 6.32. The molecule has 3 rings (SSSR count). The maximum absolute atomic E-state index is 12.0. The summed E-state index contributed by atoms with van der Waals surface area (Å²) in [5, 5.41) is 25.7. The van der Waals surface area contributed by atoms with Crippen LogP contribution in [0, 0.1) is 0 Å². The Hall–Kier alpha value is -3.46. The molecule has 0 saturated heterocycles. The van der Waals surface area contributed by atoms with E-state index in [0.717, 1.165) is 5.56 Å². The van der Waals surface area contributed by atoms with Crippen molar-refractivity contribution in [2.75, 3.05) is 6.61 Å². The highest BCUT2D eigenvalue weighted by Gasteiger charge is 2.10. The second kappa shape index (κ2) is 8.96. The fraction of sp³-hybridized carbons (Fsp3) is 0.167. The maximum Gasteiger partial charge on any atom is 0.263 e. The number of nitrogens with one attached hydrogen (secondary N) is 1. The number of hydrazone groups is 1. The van der Waals surface area contributed by atoms with Crippen molar-refractivity contribution in [2.24, 2.45) is 5.10 Å². The molecule has 10 heteroatoms. The number of aromatic nitrogens is 4. The predicted molar refractivity (Wildman–Crippen MR) is 103 cm³/mol. The molecule has 0 aliphatic heterocycles. The number of carbonyl (C=O) groups excluding carboxylic acids is 1. The third-order valence-corrected chi connectivity index (χ3v) is 3.81. The van der Waals surface area contributed by atoms with Crippen LogP contribution in [0.4, 0.5) is 0 Å². The Balaban J connectivity index is 1.60. The van der Waals surface area contributed by atoms with Crippen molar-refractivity contribution < 1.29 is 14.6 Å². The molecule has 0 spiro atoms.